The summed E-state index contributed by atoms with van der Waals surface area (Å²) in [5.41, 5.74) is 1.21. The molecule has 2 aromatic rings. The Morgan fingerprint density at radius 3 is 2.68 bits per heavy atom. The number of imidazole rings is 1. The minimum Gasteiger partial charge on any atom is -0.497 e. The number of rotatable bonds is 5. The van der Waals surface area contributed by atoms with Crippen molar-refractivity contribution in [1.29, 1.82) is 0 Å². The minimum absolute atomic E-state index is 0.196. The van der Waals surface area contributed by atoms with E-state index < -0.39 is 0 Å². The zero-order valence-electron chi connectivity index (χ0n) is 11.9. The molecule has 4 heteroatoms. The molecule has 0 bridgehead atoms. The largest absolute Gasteiger partial charge is 0.497 e. The van der Waals surface area contributed by atoms with E-state index in [0.29, 0.717) is 0 Å². The zero-order valence-corrected chi connectivity index (χ0v) is 11.9. The van der Waals surface area contributed by atoms with E-state index in [1.807, 2.05) is 36.1 Å². The van der Waals surface area contributed by atoms with Gasteiger partial charge in [0.15, 0.2) is 0 Å². The van der Waals surface area contributed by atoms with Gasteiger partial charge in [0, 0.05) is 25.5 Å². The quantitative estimate of drug-likeness (QED) is 0.897. The molecule has 0 aliphatic rings. The number of nitrogens with one attached hydrogen (secondary N) is 1. The van der Waals surface area contributed by atoms with Crippen LogP contribution in [0.5, 0.6) is 5.75 Å². The maximum Gasteiger partial charge on any atom is 0.125 e. The minimum atomic E-state index is 0.196. The van der Waals surface area contributed by atoms with Gasteiger partial charge in [-0.1, -0.05) is 12.1 Å². The summed E-state index contributed by atoms with van der Waals surface area (Å²) in [6.45, 7) is 4.27. The Morgan fingerprint density at radius 2 is 2.05 bits per heavy atom. The van der Waals surface area contributed by atoms with Crippen molar-refractivity contribution in [2.75, 3.05) is 7.11 Å². The first-order valence-corrected chi connectivity index (χ1v) is 6.49. The van der Waals surface area contributed by atoms with E-state index >= 15 is 0 Å². The summed E-state index contributed by atoms with van der Waals surface area (Å²) < 4.78 is 7.29. The summed E-state index contributed by atoms with van der Waals surface area (Å²) in [6, 6.07) is 8.56. The van der Waals surface area contributed by atoms with E-state index in [-0.39, 0.29) is 12.1 Å². The van der Waals surface area contributed by atoms with Crippen LogP contribution < -0.4 is 10.1 Å². The van der Waals surface area contributed by atoms with Crippen LogP contribution in [0.25, 0.3) is 0 Å². The first kappa shape index (κ1) is 13.6. The standard InChI is InChI=1S/C15H21N3O/c1-11(13-6-5-7-14(10-13)19-4)17-12(2)15-16-8-9-18(15)3/h5-12,17H,1-4H3/t11-,12?/m1/s1. The van der Waals surface area contributed by atoms with Crippen LogP contribution in [-0.4, -0.2) is 16.7 Å². The summed E-state index contributed by atoms with van der Waals surface area (Å²) in [5.74, 6) is 1.92. The number of aryl methyl sites for hydroxylation is 1. The first-order valence-electron chi connectivity index (χ1n) is 6.49. The van der Waals surface area contributed by atoms with Crippen LogP contribution >= 0.6 is 0 Å². The Hall–Kier alpha value is -1.81. The van der Waals surface area contributed by atoms with E-state index in [4.69, 9.17) is 4.74 Å². The number of methoxy groups -OCH3 is 1. The van der Waals surface area contributed by atoms with Gasteiger partial charge in [0.2, 0.25) is 0 Å². The highest BCUT2D eigenvalue weighted by molar-refractivity contribution is 5.30. The molecule has 0 saturated heterocycles. The molecule has 0 fully saturated rings. The SMILES string of the molecule is COc1cccc([C@@H](C)NC(C)c2nccn2C)c1. The van der Waals surface area contributed by atoms with Gasteiger partial charge in [0.25, 0.3) is 0 Å². The molecule has 19 heavy (non-hydrogen) atoms. The van der Waals surface area contributed by atoms with Crippen LogP contribution in [0.1, 0.15) is 37.3 Å². The van der Waals surface area contributed by atoms with Gasteiger partial charge in [-0.3, -0.25) is 0 Å². The van der Waals surface area contributed by atoms with Gasteiger partial charge >= 0.3 is 0 Å². The number of aromatic nitrogens is 2. The molecule has 1 N–H and O–H groups in total. The number of nitrogens with zero attached hydrogens (tertiary/aromatic N) is 2. The van der Waals surface area contributed by atoms with Crippen molar-refractivity contribution in [3.05, 3.63) is 48.0 Å². The molecule has 4 nitrogen and oxygen atoms in total. The second kappa shape index (κ2) is 5.89. The van der Waals surface area contributed by atoms with Crippen LogP contribution in [0.3, 0.4) is 0 Å². The molecule has 2 rings (SSSR count). The van der Waals surface area contributed by atoms with E-state index in [9.17, 15) is 0 Å². The third-order valence-electron chi connectivity index (χ3n) is 3.34. The summed E-state index contributed by atoms with van der Waals surface area (Å²) in [6.07, 6.45) is 3.79. The van der Waals surface area contributed by atoms with Gasteiger partial charge in [-0.15, -0.1) is 0 Å². The highest BCUT2D eigenvalue weighted by Gasteiger charge is 2.14. The van der Waals surface area contributed by atoms with Crippen LogP contribution in [-0.2, 0) is 7.05 Å². The fourth-order valence-corrected chi connectivity index (χ4v) is 2.25. The molecule has 0 spiro atoms. The number of benzene rings is 1. The van der Waals surface area contributed by atoms with Crippen molar-refractivity contribution in [2.24, 2.45) is 7.05 Å². The van der Waals surface area contributed by atoms with Crippen molar-refractivity contribution < 1.29 is 4.74 Å². The Bertz CT molecular complexity index is 536. The van der Waals surface area contributed by atoms with Gasteiger partial charge in [0.1, 0.15) is 11.6 Å². The van der Waals surface area contributed by atoms with Crippen LogP contribution in [0.4, 0.5) is 0 Å². The van der Waals surface area contributed by atoms with Crippen LogP contribution in [0, 0.1) is 0 Å². The predicted molar refractivity (Wildman–Crippen MR) is 76.2 cm³/mol. The third-order valence-corrected chi connectivity index (χ3v) is 3.34. The highest BCUT2D eigenvalue weighted by Crippen LogP contribution is 2.21. The lowest BCUT2D eigenvalue weighted by atomic mass is 10.1. The van der Waals surface area contributed by atoms with Gasteiger partial charge in [-0.2, -0.15) is 0 Å². The average Bonchev–Trinajstić information content (AvgIpc) is 2.85. The molecule has 0 aliphatic carbocycles. The Morgan fingerprint density at radius 1 is 1.26 bits per heavy atom. The Labute approximate surface area is 114 Å². The highest BCUT2D eigenvalue weighted by atomic mass is 16.5. The molecule has 2 atom stereocenters. The van der Waals surface area contributed by atoms with E-state index in [1.165, 1.54) is 5.56 Å². The Kier molecular flexibility index (Phi) is 4.22. The van der Waals surface area contributed by atoms with Crippen LogP contribution in [0.15, 0.2) is 36.7 Å². The molecule has 102 valence electrons. The molecule has 0 aliphatic heterocycles. The number of ether oxygens (including phenoxy) is 1. The van der Waals surface area contributed by atoms with Gasteiger partial charge < -0.3 is 14.6 Å². The summed E-state index contributed by atoms with van der Waals surface area (Å²) in [7, 11) is 3.70. The lowest BCUT2D eigenvalue weighted by Gasteiger charge is -2.20. The fourth-order valence-electron chi connectivity index (χ4n) is 2.25. The molecular formula is C15H21N3O. The molecule has 0 radical (unpaired) electrons. The summed E-state index contributed by atoms with van der Waals surface area (Å²) in [4.78, 5) is 4.37. The lowest BCUT2D eigenvalue weighted by molar-refractivity contribution is 0.412. The van der Waals surface area contributed by atoms with Gasteiger partial charge in [-0.05, 0) is 31.5 Å². The smallest absolute Gasteiger partial charge is 0.125 e. The number of hydrogen-bond donors (Lipinski definition) is 1. The van der Waals surface area contributed by atoms with Crippen molar-refractivity contribution in [3.8, 4) is 5.75 Å². The third kappa shape index (κ3) is 3.15. The summed E-state index contributed by atoms with van der Waals surface area (Å²) >= 11 is 0. The van der Waals surface area contributed by atoms with E-state index in [0.717, 1.165) is 11.6 Å². The van der Waals surface area contributed by atoms with Crippen molar-refractivity contribution >= 4 is 0 Å². The second-order valence-corrected chi connectivity index (χ2v) is 4.78. The average molecular weight is 259 g/mol. The van der Waals surface area contributed by atoms with Crippen LogP contribution in [0.2, 0.25) is 0 Å². The van der Waals surface area contributed by atoms with E-state index in [2.05, 4.69) is 36.3 Å². The predicted octanol–water partition coefficient (Wildman–Crippen LogP) is 2.84. The number of hydrogen-bond acceptors (Lipinski definition) is 3. The molecular weight excluding hydrogens is 238 g/mol. The maximum atomic E-state index is 5.26. The molecule has 1 heterocycles. The van der Waals surface area contributed by atoms with Crippen molar-refractivity contribution in [3.63, 3.8) is 0 Å². The molecule has 1 aromatic carbocycles. The van der Waals surface area contributed by atoms with E-state index in [1.54, 1.807) is 7.11 Å². The van der Waals surface area contributed by atoms with Gasteiger partial charge in [0.05, 0.1) is 13.2 Å². The normalized spacial score (nSPS) is 14.1. The first-order chi connectivity index (χ1) is 9.11. The van der Waals surface area contributed by atoms with Crippen molar-refractivity contribution in [1.82, 2.24) is 14.9 Å². The lowest BCUT2D eigenvalue weighted by Crippen LogP contribution is -2.24. The zero-order chi connectivity index (χ0) is 13.8. The monoisotopic (exact) mass is 259 g/mol. The van der Waals surface area contributed by atoms with Crippen molar-refractivity contribution in [2.45, 2.75) is 25.9 Å². The Balaban J connectivity index is 2.08. The fraction of sp³-hybridized carbons (Fsp3) is 0.400. The molecule has 1 unspecified atom stereocenters. The van der Waals surface area contributed by atoms with Gasteiger partial charge in [-0.25, -0.2) is 4.98 Å². The molecule has 0 amide bonds. The molecule has 0 saturated carbocycles. The topological polar surface area (TPSA) is 39.1 Å². The summed E-state index contributed by atoms with van der Waals surface area (Å²) in [5, 5.41) is 3.55. The second-order valence-electron chi connectivity index (χ2n) is 4.78. The maximum absolute atomic E-state index is 5.26. The molecule has 1 aromatic heterocycles.